The van der Waals surface area contributed by atoms with Crippen molar-refractivity contribution in [2.75, 3.05) is 39.8 Å². The first-order chi connectivity index (χ1) is 8.04. The standard InChI is InChI=1S/C12H26N4O/c1-4-5-14-11(12(13)17)9-16-7-6-15(3)10(2)8-16/h10-11,14H,4-9H2,1-3H3,(H2,13,17). The Kier molecular flexibility index (Phi) is 5.88. The van der Waals surface area contributed by atoms with Gasteiger partial charge < -0.3 is 16.0 Å². The Bertz CT molecular complexity index is 247. The first kappa shape index (κ1) is 14.4. The Labute approximate surface area is 104 Å². The topological polar surface area (TPSA) is 61.6 Å². The van der Waals surface area contributed by atoms with Crippen molar-refractivity contribution in [1.29, 1.82) is 0 Å². The van der Waals surface area contributed by atoms with Crippen LogP contribution < -0.4 is 11.1 Å². The molecule has 0 aromatic rings. The highest BCUT2D eigenvalue weighted by Crippen LogP contribution is 2.07. The normalized spacial score (nSPS) is 24.8. The number of nitrogens with two attached hydrogens (primary N) is 1. The van der Waals surface area contributed by atoms with Crippen LogP contribution in [0.4, 0.5) is 0 Å². The van der Waals surface area contributed by atoms with E-state index in [9.17, 15) is 4.79 Å². The van der Waals surface area contributed by atoms with Crippen LogP contribution in [0, 0.1) is 0 Å². The minimum absolute atomic E-state index is 0.217. The van der Waals surface area contributed by atoms with E-state index in [1.54, 1.807) is 0 Å². The number of carbonyl (C=O) groups excluding carboxylic acids is 1. The van der Waals surface area contributed by atoms with E-state index in [-0.39, 0.29) is 11.9 Å². The highest BCUT2D eigenvalue weighted by Gasteiger charge is 2.24. The van der Waals surface area contributed by atoms with Crippen LogP contribution >= 0.6 is 0 Å². The fraction of sp³-hybridized carbons (Fsp3) is 0.917. The molecule has 1 saturated heterocycles. The number of hydrogen-bond donors (Lipinski definition) is 2. The van der Waals surface area contributed by atoms with Gasteiger partial charge in [0.15, 0.2) is 0 Å². The average molecular weight is 242 g/mol. The van der Waals surface area contributed by atoms with Crippen LogP contribution in [0.3, 0.4) is 0 Å². The molecule has 2 unspecified atom stereocenters. The molecular weight excluding hydrogens is 216 g/mol. The Morgan fingerprint density at radius 1 is 1.53 bits per heavy atom. The Morgan fingerprint density at radius 3 is 2.76 bits per heavy atom. The Hall–Kier alpha value is -0.650. The summed E-state index contributed by atoms with van der Waals surface area (Å²) in [6.07, 6.45) is 1.02. The van der Waals surface area contributed by atoms with Crippen molar-refractivity contribution in [3.05, 3.63) is 0 Å². The van der Waals surface area contributed by atoms with Gasteiger partial charge in [-0.2, -0.15) is 0 Å². The number of rotatable bonds is 6. The molecule has 1 heterocycles. The largest absolute Gasteiger partial charge is 0.368 e. The number of likely N-dealkylation sites (N-methyl/N-ethyl adjacent to an activating group) is 1. The molecule has 1 aliphatic rings. The van der Waals surface area contributed by atoms with Crippen LogP contribution in [0.25, 0.3) is 0 Å². The van der Waals surface area contributed by atoms with E-state index in [0.29, 0.717) is 6.04 Å². The third-order valence-electron chi connectivity index (χ3n) is 3.47. The molecule has 5 heteroatoms. The fourth-order valence-corrected chi connectivity index (χ4v) is 2.12. The van der Waals surface area contributed by atoms with Crippen molar-refractivity contribution in [1.82, 2.24) is 15.1 Å². The molecule has 1 fully saturated rings. The van der Waals surface area contributed by atoms with E-state index in [1.807, 2.05) is 0 Å². The molecule has 1 aliphatic heterocycles. The van der Waals surface area contributed by atoms with Gasteiger partial charge in [-0.15, -0.1) is 0 Å². The van der Waals surface area contributed by atoms with Gasteiger partial charge in [-0.25, -0.2) is 0 Å². The van der Waals surface area contributed by atoms with E-state index in [4.69, 9.17) is 5.73 Å². The van der Waals surface area contributed by atoms with E-state index in [1.165, 1.54) is 0 Å². The van der Waals surface area contributed by atoms with Crippen LogP contribution in [-0.2, 0) is 4.79 Å². The number of carbonyl (C=O) groups is 1. The summed E-state index contributed by atoms with van der Waals surface area (Å²) < 4.78 is 0. The van der Waals surface area contributed by atoms with Crippen LogP contribution in [-0.4, -0.2) is 67.6 Å². The fourth-order valence-electron chi connectivity index (χ4n) is 2.12. The molecule has 0 aromatic heterocycles. The number of nitrogens with zero attached hydrogens (tertiary/aromatic N) is 2. The summed E-state index contributed by atoms with van der Waals surface area (Å²) in [5.41, 5.74) is 5.42. The van der Waals surface area contributed by atoms with Gasteiger partial charge in [-0.1, -0.05) is 6.92 Å². The van der Waals surface area contributed by atoms with Crippen molar-refractivity contribution in [2.45, 2.75) is 32.4 Å². The van der Waals surface area contributed by atoms with Crippen LogP contribution in [0.15, 0.2) is 0 Å². The van der Waals surface area contributed by atoms with Gasteiger partial charge in [-0.3, -0.25) is 9.69 Å². The lowest BCUT2D eigenvalue weighted by atomic mass is 10.1. The molecule has 17 heavy (non-hydrogen) atoms. The van der Waals surface area contributed by atoms with Crippen molar-refractivity contribution < 1.29 is 4.79 Å². The van der Waals surface area contributed by atoms with E-state index in [2.05, 4.69) is 36.0 Å². The number of amides is 1. The van der Waals surface area contributed by atoms with E-state index < -0.39 is 0 Å². The quantitative estimate of drug-likeness (QED) is 0.658. The molecule has 2 atom stereocenters. The second kappa shape index (κ2) is 6.93. The zero-order chi connectivity index (χ0) is 12.8. The summed E-state index contributed by atoms with van der Waals surface area (Å²) in [7, 11) is 2.14. The van der Waals surface area contributed by atoms with Crippen molar-refractivity contribution in [3.8, 4) is 0 Å². The first-order valence-corrected chi connectivity index (χ1v) is 6.49. The Balaban J connectivity index is 2.41. The number of piperazine rings is 1. The lowest BCUT2D eigenvalue weighted by molar-refractivity contribution is -0.120. The van der Waals surface area contributed by atoms with Crippen LogP contribution in [0.5, 0.6) is 0 Å². The predicted molar refractivity (Wildman–Crippen MR) is 69.8 cm³/mol. The molecule has 100 valence electrons. The predicted octanol–water partition coefficient (Wildman–Crippen LogP) is -0.524. The van der Waals surface area contributed by atoms with Crippen molar-refractivity contribution >= 4 is 5.91 Å². The van der Waals surface area contributed by atoms with E-state index in [0.717, 1.165) is 39.1 Å². The minimum atomic E-state index is -0.245. The molecule has 1 rings (SSSR count). The zero-order valence-corrected chi connectivity index (χ0v) is 11.3. The maximum absolute atomic E-state index is 11.3. The van der Waals surface area contributed by atoms with Gasteiger partial charge >= 0.3 is 0 Å². The highest BCUT2D eigenvalue weighted by molar-refractivity contribution is 5.80. The lowest BCUT2D eigenvalue weighted by Crippen LogP contribution is -2.56. The molecule has 3 N–H and O–H groups in total. The highest BCUT2D eigenvalue weighted by atomic mass is 16.1. The molecule has 0 aliphatic carbocycles. The lowest BCUT2D eigenvalue weighted by Gasteiger charge is -2.38. The molecule has 0 bridgehead atoms. The van der Waals surface area contributed by atoms with Gasteiger partial charge in [0.05, 0.1) is 6.04 Å². The number of hydrogen-bond acceptors (Lipinski definition) is 4. The Morgan fingerprint density at radius 2 is 2.24 bits per heavy atom. The average Bonchev–Trinajstić information content (AvgIpc) is 2.28. The SMILES string of the molecule is CCCNC(CN1CCN(C)C(C)C1)C(N)=O. The van der Waals surface area contributed by atoms with Gasteiger partial charge in [-0.05, 0) is 26.9 Å². The summed E-state index contributed by atoms with van der Waals surface area (Å²) in [5.74, 6) is -0.245. The summed E-state index contributed by atoms with van der Waals surface area (Å²) in [4.78, 5) is 16.0. The van der Waals surface area contributed by atoms with Gasteiger partial charge in [0, 0.05) is 32.2 Å². The van der Waals surface area contributed by atoms with Crippen LogP contribution in [0.2, 0.25) is 0 Å². The number of primary amides is 1. The summed E-state index contributed by atoms with van der Waals surface area (Å²) in [6.45, 7) is 8.95. The number of nitrogens with one attached hydrogen (secondary N) is 1. The molecule has 5 nitrogen and oxygen atoms in total. The first-order valence-electron chi connectivity index (χ1n) is 6.49. The van der Waals surface area contributed by atoms with E-state index >= 15 is 0 Å². The van der Waals surface area contributed by atoms with Gasteiger partial charge in [0.25, 0.3) is 0 Å². The summed E-state index contributed by atoms with van der Waals surface area (Å²) in [6, 6.07) is 0.328. The second-order valence-corrected chi connectivity index (χ2v) is 5.00. The molecule has 0 spiro atoms. The van der Waals surface area contributed by atoms with Crippen LogP contribution in [0.1, 0.15) is 20.3 Å². The molecule has 0 aromatic carbocycles. The monoisotopic (exact) mass is 242 g/mol. The third-order valence-corrected chi connectivity index (χ3v) is 3.47. The maximum Gasteiger partial charge on any atom is 0.235 e. The van der Waals surface area contributed by atoms with Gasteiger partial charge in [0.2, 0.25) is 5.91 Å². The smallest absolute Gasteiger partial charge is 0.235 e. The molecule has 0 saturated carbocycles. The summed E-state index contributed by atoms with van der Waals surface area (Å²) >= 11 is 0. The van der Waals surface area contributed by atoms with Crippen molar-refractivity contribution in [2.24, 2.45) is 5.73 Å². The van der Waals surface area contributed by atoms with Gasteiger partial charge in [0.1, 0.15) is 0 Å². The molecular formula is C12H26N4O. The molecule has 1 amide bonds. The maximum atomic E-state index is 11.3. The van der Waals surface area contributed by atoms with Crippen molar-refractivity contribution in [3.63, 3.8) is 0 Å². The molecule has 0 radical (unpaired) electrons. The zero-order valence-electron chi connectivity index (χ0n) is 11.3. The third kappa shape index (κ3) is 4.61. The minimum Gasteiger partial charge on any atom is -0.368 e. The second-order valence-electron chi connectivity index (χ2n) is 5.00. The summed E-state index contributed by atoms with van der Waals surface area (Å²) in [5, 5.41) is 3.21.